The number of alkyl halides is 3. The largest absolute Gasteiger partial charge is 0.497 e. The Bertz CT molecular complexity index is 843. The van der Waals surface area contributed by atoms with Crippen LogP contribution in [0, 0.1) is 0 Å². The molecule has 1 spiro atoms. The van der Waals surface area contributed by atoms with Gasteiger partial charge >= 0.3 is 12.1 Å². The van der Waals surface area contributed by atoms with E-state index in [9.17, 15) is 13.2 Å². The lowest BCUT2D eigenvalue weighted by Crippen LogP contribution is -2.47. The van der Waals surface area contributed by atoms with Crippen molar-refractivity contribution in [3.63, 3.8) is 0 Å². The topological polar surface area (TPSA) is 76.8 Å². The van der Waals surface area contributed by atoms with E-state index in [2.05, 4.69) is 26.6 Å². The van der Waals surface area contributed by atoms with Crippen LogP contribution in [0.3, 0.4) is 0 Å². The van der Waals surface area contributed by atoms with Crippen LogP contribution in [0.1, 0.15) is 30.9 Å². The van der Waals surface area contributed by atoms with Gasteiger partial charge < -0.3 is 19.1 Å². The van der Waals surface area contributed by atoms with Gasteiger partial charge in [-0.05, 0) is 37.1 Å². The quantitative estimate of drug-likeness (QED) is 0.783. The van der Waals surface area contributed by atoms with Gasteiger partial charge in [0.25, 0.3) is 0 Å². The number of aromatic nitrogens is 2. The van der Waals surface area contributed by atoms with E-state index >= 15 is 0 Å². The zero-order valence-corrected chi connectivity index (χ0v) is 17.2. The van der Waals surface area contributed by atoms with Crippen LogP contribution < -0.4 is 4.74 Å². The highest BCUT2D eigenvalue weighted by molar-refractivity contribution is 5.73. The van der Waals surface area contributed by atoms with Gasteiger partial charge in [0, 0.05) is 31.9 Å². The molecule has 10 heteroatoms. The molecule has 0 amide bonds. The van der Waals surface area contributed by atoms with E-state index in [0.717, 1.165) is 44.8 Å². The molecule has 2 fully saturated rings. The number of rotatable bonds is 4. The summed E-state index contributed by atoms with van der Waals surface area (Å²) in [5, 5.41) is 7.12. The van der Waals surface area contributed by atoms with Crippen molar-refractivity contribution in [1.29, 1.82) is 0 Å². The summed E-state index contributed by atoms with van der Waals surface area (Å²) < 4.78 is 45.5. The summed E-state index contributed by atoms with van der Waals surface area (Å²) in [5.41, 5.74) is 1.34. The molecule has 1 aromatic heterocycles. The number of benzene rings is 1. The number of piperidine rings is 1. The van der Waals surface area contributed by atoms with Crippen molar-refractivity contribution in [2.45, 2.75) is 43.6 Å². The molecule has 2 atom stereocenters. The molecule has 0 aliphatic carbocycles. The van der Waals surface area contributed by atoms with E-state index in [1.165, 1.54) is 12.0 Å². The summed E-state index contributed by atoms with van der Waals surface area (Å²) in [6, 6.07) is 8.81. The van der Waals surface area contributed by atoms with Crippen LogP contribution in [0.4, 0.5) is 13.2 Å². The molecule has 2 aliphatic rings. The molecule has 4 rings (SSSR count). The number of nitrogens with zero attached hydrogens (tertiary/aromatic N) is 3. The van der Waals surface area contributed by atoms with Crippen molar-refractivity contribution >= 4 is 5.97 Å². The molecule has 1 N–H and O–H groups in total. The average molecular weight is 441 g/mol. The molecule has 31 heavy (non-hydrogen) atoms. The highest BCUT2D eigenvalue weighted by Gasteiger charge is 2.43. The highest BCUT2D eigenvalue weighted by atomic mass is 19.4. The van der Waals surface area contributed by atoms with Crippen LogP contribution in [0.5, 0.6) is 5.75 Å². The highest BCUT2D eigenvalue weighted by Crippen LogP contribution is 2.39. The van der Waals surface area contributed by atoms with Gasteiger partial charge in [0.1, 0.15) is 5.75 Å². The van der Waals surface area contributed by atoms with Gasteiger partial charge in [-0.1, -0.05) is 12.1 Å². The van der Waals surface area contributed by atoms with Crippen molar-refractivity contribution in [3.8, 4) is 5.75 Å². The Kier molecular flexibility index (Phi) is 7.22. The van der Waals surface area contributed by atoms with E-state index in [4.69, 9.17) is 19.4 Å². The third-order valence-corrected chi connectivity index (χ3v) is 5.56. The molecule has 7 nitrogen and oxygen atoms in total. The number of aliphatic carboxylic acids is 1. The zero-order valence-electron chi connectivity index (χ0n) is 17.2. The normalized spacial score (nSPS) is 23.9. The summed E-state index contributed by atoms with van der Waals surface area (Å²) in [6.45, 7) is 3.94. The molecule has 2 unspecified atom stereocenters. The summed E-state index contributed by atoms with van der Waals surface area (Å²) in [4.78, 5) is 15.6. The maximum Gasteiger partial charge on any atom is 0.490 e. The van der Waals surface area contributed by atoms with Crippen LogP contribution in [-0.2, 0) is 16.1 Å². The third kappa shape index (κ3) is 6.20. The minimum absolute atomic E-state index is 0.0135. The molecular weight excluding hydrogens is 415 g/mol. The number of likely N-dealkylation sites (tertiary alicyclic amines) is 1. The molecule has 1 aromatic carbocycles. The Morgan fingerprint density at radius 3 is 2.65 bits per heavy atom. The van der Waals surface area contributed by atoms with Gasteiger partial charge in [0.15, 0.2) is 0 Å². The van der Waals surface area contributed by atoms with Crippen LogP contribution in [-0.4, -0.2) is 64.1 Å². The maximum absolute atomic E-state index is 10.6. The second-order valence-electron chi connectivity index (χ2n) is 7.83. The molecule has 2 aliphatic heterocycles. The number of methoxy groups -OCH3 is 1. The van der Waals surface area contributed by atoms with Gasteiger partial charge in [0.2, 0.25) is 0 Å². The van der Waals surface area contributed by atoms with Crippen molar-refractivity contribution in [1.82, 2.24) is 14.5 Å². The van der Waals surface area contributed by atoms with Crippen LogP contribution in [0.25, 0.3) is 0 Å². The van der Waals surface area contributed by atoms with Crippen molar-refractivity contribution in [2.75, 3.05) is 26.8 Å². The van der Waals surface area contributed by atoms with E-state index < -0.39 is 12.1 Å². The first-order valence-electron chi connectivity index (χ1n) is 9.97. The molecule has 0 saturated carbocycles. The Hall–Kier alpha value is -2.59. The van der Waals surface area contributed by atoms with Crippen molar-refractivity contribution in [2.24, 2.45) is 0 Å². The monoisotopic (exact) mass is 441 g/mol. The van der Waals surface area contributed by atoms with Gasteiger partial charge in [-0.3, -0.25) is 4.90 Å². The number of halogens is 3. The SMILES string of the molecule is COc1ccc(CN2CCCC3(CC(n4ccnc4)CO3)C2)cc1.O=C(O)C(F)(F)F. The molecule has 2 aromatic rings. The second-order valence-corrected chi connectivity index (χ2v) is 7.83. The first-order chi connectivity index (χ1) is 14.7. The smallest absolute Gasteiger partial charge is 0.490 e. The van der Waals surface area contributed by atoms with Gasteiger partial charge in [-0.25, -0.2) is 9.78 Å². The Balaban J connectivity index is 0.000000339. The molecule has 3 heterocycles. The molecular formula is C21H26F3N3O4. The lowest BCUT2D eigenvalue weighted by Gasteiger charge is -2.39. The lowest BCUT2D eigenvalue weighted by molar-refractivity contribution is -0.192. The number of imidazole rings is 1. The number of carbonyl (C=O) groups is 1. The predicted molar refractivity (Wildman–Crippen MR) is 106 cm³/mol. The van der Waals surface area contributed by atoms with Crippen LogP contribution in [0.2, 0.25) is 0 Å². The van der Waals surface area contributed by atoms with E-state index in [1.54, 1.807) is 7.11 Å². The summed E-state index contributed by atoms with van der Waals surface area (Å²) in [5.74, 6) is -1.84. The fourth-order valence-corrected chi connectivity index (χ4v) is 4.10. The predicted octanol–water partition coefficient (Wildman–Crippen LogP) is 3.52. The van der Waals surface area contributed by atoms with Crippen molar-refractivity contribution < 1.29 is 32.5 Å². The number of carboxylic acids is 1. The third-order valence-electron chi connectivity index (χ3n) is 5.56. The number of hydrogen-bond donors (Lipinski definition) is 1. The number of carboxylic acid groups (broad SMARTS) is 1. The molecule has 0 radical (unpaired) electrons. The zero-order chi connectivity index (χ0) is 22.5. The average Bonchev–Trinajstić information content (AvgIpc) is 3.39. The van der Waals surface area contributed by atoms with Crippen LogP contribution >= 0.6 is 0 Å². The summed E-state index contributed by atoms with van der Waals surface area (Å²) in [7, 11) is 1.71. The fourth-order valence-electron chi connectivity index (χ4n) is 4.10. The minimum atomic E-state index is -5.08. The molecule has 170 valence electrons. The Morgan fingerprint density at radius 2 is 2.06 bits per heavy atom. The number of hydrogen-bond acceptors (Lipinski definition) is 5. The fraction of sp³-hybridized carbons (Fsp3) is 0.524. The van der Waals surface area contributed by atoms with E-state index in [1.807, 2.05) is 30.9 Å². The van der Waals surface area contributed by atoms with Crippen LogP contribution in [0.15, 0.2) is 43.0 Å². The minimum Gasteiger partial charge on any atom is -0.497 e. The van der Waals surface area contributed by atoms with Gasteiger partial charge in [-0.15, -0.1) is 0 Å². The Morgan fingerprint density at radius 1 is 1.35 bits per heavy atom. The Labute approximate surface area is 178 Å². The standard InChI is InChI=1S/C19H25N3O2.C2HF3O2/c1-23-18-5-3-16(4-6-18)12-21-9-2-7-19(14-21)11-17(13-24-19)22-10-8-20-15-22;3-2(4,5)1(6)7/h3-6,8,10,15,17H,2,7,9,11-14H2,1H3;(H,6,7). The van der Waals surface area contributed by atoms with Gasteiger partial charge in [-0.2, -0.15) is 13.2 Å². The van der Waals surface area contributed by atoms with E-state index in [0.29, 0.717) is 6.04 Å². The molecule has 2 saturated heterocycles. The van der Waals surface area contributed by atoms with Gasteiger partial charge in [0.05, 0.1) is 31.7 Å². The van der Waals surface area contributed by atoms with E-state index in [-0.39, 0.29) is 5.60 Å². The first kappa shape index (κ1) is 23.1. The summed E-state index contributed by atoms with van der Waals surface area (Å²) in [6.07, 6.45) is 4.17. The summed E-state index contributed by atoms with van der Waals surface area (Å²) >= 11 is 0. The first-order valence-corrected chi connectivity index (χ1v) is 9.97. The molecule has 0 bridgehead atoms. The maximum atomic E-state index is 10.6. The second kappa shape index (κ2) is 9.69. The number of ether oxygens (including phenoxy) is 2. The van der Waals surface area contributed by atoms with Crippen molar-refractivity contribution in [3.05, 3.63) is 48.5 Å². The lowest BCUT2D eigenvalue weighted by atomic mass is 9.88.